The lowest BCUT2D eigenvalue weighted by molar-refractivity contribution is 0.484. The van der Waals surface area contributed by atoms with Crippen LogP contribution in [0.25, 0.3) is 76.7 Å². The van der Waals surface area contributed by atoms with Crippen LogP contribution >= 0.6 is 0 Å². The van der Waals surface area contributed by atoms with Gasteiger partial charge in [-0.2, -0.15) is 0 Å². The zero-order valence-electron chi connectivity index (χ0n) is 26.2. The van der Waals surface area contributed by atoms with Crippen molar-refractivity contribution in [3.8, 4) is 11.5 Å². The molecule has 0 aliphatic rings. The summed E-state index contributed by atoms with van der Waals surface area (Å²) in [7, 11) is 0. The van der Waals surface area contributed by atoms with E-state index in [0.717, 1.165) is 77.3 Å². The van der Waals surface area contributed by atoms with Crippen molar-refractivity contribution in [2.45, 2.75) is 26.2 Å². The third kappa shape index (κ3) is 3.69. The summed E-state index contributed by atoms with van der Waals surface area (Å²) in [6, 6.07) is 38.0. The van der Waals surface area contributed by atoms with E-state index in [1.165, 1.54) is 16.5 Å². The van der Waals surface area contributed by atoms with Gasteiger partial charge in [0.05, 0.1) is 33.1 Å². The van der Waals surface area contributed by atoms with Crippen molar-refractivity contribution in [2.75, 3.05) is 0 Å². The van der Waals surface area contributed by atoms with Gasteiger partial charge in [0.1, 0.15) is 22.8 Å². The van der Waals surface area contributed by atoms with Crippen LogP contribution in [-0.4, -0.2) is 23.8 Å². The predicted octanol–water partition coefficient (Wildman–Crippen LogP) is 10.4. The summed E-state index contributed by atoms with van der Waals surface area (Å²) in [5.74, 6) is 1.50. The molecule has 0 amide bonds. The lowest BCUT2D eigenvalue weighted by atomic mass is 9.84. The third-order valence-corrected chi connectivity index (χ3v) is 9.51. The SMILES string of the molecule is CC(C)(C)c1cccc2c3ccc(Oc4ccc5c6cnccc6n6c7ccccc7nc6c5c4)cc3c3nc4ccccc4n3c12. The molecule has 5 aromatic heterocycles. The molecule has 6 nitrogen and oxygen atoms in total. The summed E-state index contributed by atoms with van der Waals surface area (Å²) in [6.45, 7) is 6.82. The van der Waals surface area contributed by atoms with E-state index in [2.05, 4.69) is 132 Å². The van der Waals surface area contributed by atoms with Gasteiger partial charge < -0.3 is 4.74 Å². The minimum Gasteiger partial charge on any atom is -0.457 e. The molecule has 6 heteroatoms. The topological polar surface area (TPSA) is 56.7 Å². The van der Waals surface area contributed by atoms with E-state index in [1.807, 2.05) is 24.5 Å². The molecule has 0 aliphatic carbocycles. The van der Waals surface area contributed by atoms with Gasteiger partial charge in [0, 0.05) is 33.9 Å². The highest BCUT2D eigenvalue weighted by Crippen LogP contribution is 2.40. The fourth-order valence-corrected chi connectivity index (χ4v) is 7.43. The lowest BCUT2D eigenvalue weighted by Crippen LogP contribution is -2.13. The van der Waals surface area contributed by atoms with Crippen molar-refractivity contribution in [1.29, 1.82) is 0 Å². The number of hydrogen-bond donors (Lipinski definition) is 0. The maximum absolute atomic E-state index is 6.65. The third-order valence-electron chi connectivity index (χ3n) is 9.51. The number of nitrogens with zero attached hydrogens (tertiary/aromatic N) is 5. The van der Waals surface area contributed by atoms with Crippen LogP contribution in [0.5, 0.6) is 11.5 Å². The molecular weight excluding hydrogens is 578 g/mol. The Morgan fingerprint density at radius 3 is 1.83 bits per heavy atom. The molecule has 0 saturated heterocycles. The molecule has 0 unspecified atom stereocenters. The molecule has 0 spiro atoms. The summed E-state index contributed by atoms with van der Waals surface area (Å²) in [4.78, 5) is 14.7. The van der Waals surface area contributed by atoms with Crippen LogP contribution in [0, 0.1) is 0 Å². The highest BCUT2D eigenvalue weighted by Gasteiger charge is 2.22. The number of imidazole rings is 2. The Bertz CT molecular complexity index is 2930. The molecule has 0 saturated carbocycles. The Morgan fingerprint density at radius 1 is 0.532 bits per heavy atom. The normalized spacial score (nSPS) is 12.6. The smallest absolute Gasteiger partial charge is 0.146 e. The summed E-state index contributed by atoms with van der Waals surface area (Å²) >= 11 is 0. The molecule has 0 aliphatic heterocycles. The second-order valence-electron chi connectivity index (χ2n) is 13.4. The molecule has 0 fully saturated rings. The Morgan fingerprint density at radius 2 is 1.15 bits per heavy atom. The number of fused-ring (bicyclic) bond motifs is 16. The molecule has 0 atom stereocenters. The van der Waals surface area contributed by atoms with Gasteiger partial charge in [-0.1, -0.05) is 63.2 Å². The van der Waals surface area contributed by atoms with E-state index < -0.39 is 0 Å². The summed E-state index contributed by atoms with van der Waals surface area (Å²) in [5.41, 5.74) is 9.47. The molecule has 0 radical (unpaired) electrons. The first-order chi connectivity index (χ1) is 22.9. The van der Waals surface area contributed by atoms with Crippen LogP contribution in [0.1, 0.15) is 26.3 Å². The van der Waals surface area contributed by atoms with Gasteiger partial charge in [-0.3, -0.25) is 13.8 Å². The van der Waals surface area contributed by atoms with E-state index in [-0.39, 0.29) is 5.41 Å². The standard InChI is InChI=1S/C41H29N5O/c1-41(2,3)32-10-8-9-28-26-17-15-24(21-29(26)40-44-34-12-5-7-14-37(34)46(40)38(28)32)47-25-16-18-27-30(22-25)39-43-33-11-4-6-13-36(33)45(39)35-19-20-42-23-31(27)35/h4-23H,1-3H3. The largest absolute Gasteiger partial charge is 0.457 e. The van der Waals surface area contributed by atoms with E-state index in [4.69, 9.17) is 14.7 Å². The van der Waals surface area contributed by atoms with Crippen LogP contribution in [0.2, 0.25) is 0 Å². The first-order valence-electron chi connectivity index (χ1n) is 15.9. The molecule has 5 heterocycles. The predicted molar refractivity (Wildman–Crippen MR) is 192 cm³/mol. The van der Waals surface area contributed by atoms with Crippen LogP contribution in [-0.2, 0) is 5.41 Å². The Hall–Kier alpha value is -6.01. The molecule has 5 aromatic carbocycles. The van der Waals surface area contributed by atoms with E-state index >= 15 is 0 Å². The van der Waals surface area contributed by atoms with Gasteiger partial charge in [-0.15, -0.1) is 0 Å². The monoisotopic (exact) mass is 607 g/mol. The number of benzene rings is 5. The number of para-hydroxylation sites is 5. The number of aromatic nitrogens is 5. The minimum atomic E-state index is -0.0435. The summed E-state index contributed by atoms with van der Waals surface area (Å²) < 4.78 is 11.2. The van der Waals surface area contributed by atoms with E-state index in [0.29, 0.717) is 0 Å². The Labute approximate surface area is 269 Å². The average Bonchev–Trinajstić information content (AvgIpc) is 3.68. The van der Waals surface area contributed by atoms with E-state index in [1.54, 1.807) is 0 Å². The summed E-state index contributed by atoms with van der Waals surface area (Å²) in [5, 5.41) is 6.60. The van der Waals surface area contributed by atoms with Gasteiger partial charge in [0.25, 0.3) is 0 Å². The molecule has 0 N–H and O–H groups in total. The van der Waals surface area contributed by atoms with Crippen molar-refractivity contribution < 1.29 is 4.74 Å². The van der Waals surface area contributed by atoms with Gasteiger partial charge in [-0.25, -0.2) is 9.97 Å². The second-order valence-corrected chi connectivity index (χ2v) is 13.4. The molecule has 224 valence electrons. The lowest BCUT2D eigenvalue weighted by Gasteiger charge is -2.23. The second kappa shape index (κ2) is 9.27. The average molecular weight is 608 g/mol. The quantitative estimate of drug-likeness (QED) is 0.184. The molecular formula is C41H29N5O. The Balaban J connectivity index is 1.21. The Kier molecular flexibility index (Phi) is 5.17. The van der Waals surface area contributed by atoms with Crippen LogP contribution < -0.4 is 4.74 Å². The zero-order chi connectivity index (χ0) is 31.4. The van der Waals surface area contributed by atoms with Crippen LogP contribution in [0.4, 0.5) is 0 Å². The van der Waals surface area contributed by atoms with E-state index in [9.17, 15) is 0 Å². The maximum atomic E-state index is 6.65. The fraction of sp³-hybridized carbons (Fsp3) is 0.0976. The molecule has 0 bridgehead atoms. The number of pyridine rings is 3. The highest BCUT2D eigenvalue weighted by atomic mass is 16.5. The highest BCUT2D eigenvalue weighted by molar-refractivity contribution is 6.16. The zero-order valence-corrected chi connectivity index (χ0v) is 26.2. The molecule has 47 heavy (non-hydrogen) atoms. The van der Waals surface area contributed by atoms with Crippen molar-refractivity contribution in [3.63, 3.8) is 0 Å². The van der Waals surface area contributed by atoms with Gasteiger partial charge in [-0.05, 0) is 88.5 Å². The van der Waals surface area contributed by atoms with Crippen molar-refractivity contribution >= 4 is 76.7 Å². The van der Waals surface area contributed by atoms with Crippen molar-refractivity contribution in [2.24, 2.45) is 0 Å². The van der Waals surface area contributed by atoms with Crippen LogP contribution in [0.15, 0.2) is 122 Å². The van der Waals surface area contributed by atoms with Crippen molar-refractivity contribution in [1.82, 2.24) is 23.8 Å². The van der Waals surface area contributed by atoms with Gasteiger partial charge in [0.15, 0.2) is 0 Å². The van der Waals surface area contributed by atoms with Gasteiger partial charge in [0.2, 0.25) is 0 Å². The minimum absolute atomic E-state index is 0.0435. The first-order valence-corrected chi connectivity index (χ1v) is 15.9. The number of rotatable bonds is 2. The number of ether oxygens (including phenoxy) is 1. The summed E-state index contributed by atoms with van der Waals surface area (Å²) in [6.07, 6.45) is 3.78. The van der Waals surface area contributed by atoms with Gasteiger partial charge >= 0.3 is 0 Å². The van der Waals surface area contributed by atoms with Crippen molar-refractivity contribution in [3.05, 3.63) is 127 Å². The maximum Gasteiger partial charge on any atom is 0.146 e. The molecule has 10 aromatic rings. The van der Waals surface area contributed by atoms with Crippen LogP contribution in [0.3, 0.4) is 0 Å². The first kappa shape index (κ1) is 26.2. The number of hydrogen-bond acceptors (Lipinski definition) is 4. The molecule has 10 rings (SSSR count). The fourth-order valence-electron chi connectivity index (χ4n) is 7.43.